The summed E-state index contributed by atoms with van der Waals surface area (Å²) in [5.74, 6) is -1.98. The summed E-state index contributed by atoms with van der Waals surface area (Å²) in [5.41, 5.74) is 0.667. The fourth-order valence-electron chi connectivity index (χ4n) is 1.51. The summed E-state index contributed by atoms with van der Waals surface area (Å²) in [5, 5.41) is 7.51. The second kappa shape index (κ2) is 5.91. The van der Waals surface area contributed by atoms with E-state index in [0.717, 1.165) is 7.11 Å². The molecule has 7 nitrogen and oxygen atoms in total. The van der Waals surface area contributed by atoms with Crippen LogP contribution in [0.25, 0.3) is 0 Å². The molecule has 2 N–H and O–H groups in total. The van der Waals surface area contributed by atoms with Crippen LogP contribution in [0.2, 0.25) is 0 Å². The Bertz CT molecular complexity index is 637. The van der Waals surface area contributed by atoms with Gasteiger partial charge in [0, 0.05) is 5.69 Å². The van der Waals surface area contributed by atoms with Crippen molar-refractivity contribution in [2.24, 2.45) is 0 Å². The lowest BCUT2D eigenvalue weighted by atomic mass is 10.1. The number of carbonyl (C=O) groups excluding carboxylic acids is 1. The molecule has 0 saturated heterocycles. The third-order valence-electron chi connectivity index (χ3n) is 2.72. The summed E-state index contributed by atoms with van der Waals surface area (Å²) >= 11 is 0. The van der Waals surface area contributed by atoms with Crippen LogP contribution in [-0.4, -0.2) is 37.8 Å². The summed E-state index contributed by atoms with van der Waals surface area (Å²) < 4.78 is 30.4. The normalized spacial score (nSPS) is 12.6. The van der Waals surface area contributed by atoms with Crippen LogP contribution >= 0.6 is 0 Å². The van der Waals surface area contributed by atoms with Gasteiger partial charge in [-0.1, -0.05) is 0 Å². The minimum Gasteiger partial charge on any atom is -0.478 e. The molecule has 1 aromatic carbocycles. The molecule has 0 bridgehead atoms. The van der Waals surface area contributed by atoms with Gasteiger partial charge in [-0.2, -0.15) is 0 Å². The summed E-state index contributed by atoms with van der Waals surface area (Å²) in [6, 6.07) is 3.99. The first kappa shape index (κ1) is 16.0. The molecule has 8 heteroatoms. The number of esters is 1. The average molecular weight is 301 g/mol. The van der Waals surface area contributed by atoms with Gasteiger partial charge < -0.3 is 9.84 Å². The number of carboxylic acid groups (broad SMARTS) is 1. The smallest absolute Gasteiger partial charge is 0.335 e. The number of carbonyl (C=O) groups is 2. The maximum absolute atomic E-state index is 11.9. The van der Waals surface area contributed by atoms with Gasteiger partial charge in [-0.25, -0.2) is 13.2 Å². The van der Waals surface area contributed by atoms with Gasteiger partial charge in [-0.15, -0.1) is 0 Å². The molecule has 0 fully saturated rings. The lowest BCUT2D eigenvalue weighted by Gasteiger charge is -2.13. The highest BCUT2D eigenvalue weighted by Gasteiger charge is 2.29. The lowest BCUT2D eigenvalue weighted by Crippen LogP contribution is -2.33. The van der Waals surface area contributed by atoms with Gasteiger partial charge in [0.1, 0.15) is 0 Å². The number of hydrogen-bond acceptors (Lipinski definition) is 5. The predicted octanol–water partition coefficient (Wildman–Crippen LogP) is 0.996. The predicted molar refractivity (Wildman–Crippen MR) is 72.2 cm³/mol. The number of benzene rings is 1. The van der Waals surface area contributed by atoms with E-state index in [2.05, 4.69) is 9.46 Å². The van der Waals surface area contributed by atoms with E-state index in [1.807, 2.05) is 0 Å². The Morgan fingerprint density at radius 2 is 1.95 bits per heavy atom. The van der Waals surface area contributed by atoms with E-state index in [1.54, 1.807) is 6.92 Å². The van der Waals surface area contributed by atoms with Crippen LogP contribution in [0.5, 0.6) is 0 Å². The average Bonchev–Trinajstić information content (AvgIpc) is 2.36. The number of anilines is 1. The number of nitrogens with one attached hydrogen (secondary N) is 1. The molecule has 1 aromatic rings. The van der Waals surface area contributed by atoms with Crippen LogP contribution in [0.3, 0.4) is 0 Å². The molecule has 110 valence electrons. The van der Waals surface area contributed by atoms with Crippen LogP contribution < -0.4 is 4.72 Å². The molecule has 0 aromatic heterocycles. The molecule has 0 aliphatic heterocycles. The maximum atomic E-state index is 11.9. The van der Waals surface area contributed by atoms with E-state index < -0.39 is 27.2 Å². The fourth-order valence-corrected chi connectivity index (χ4v) is 2.49. The number of carboxylic acids is 1. The van der Waals surface area contributed by atoms with Crippen LogP contribution in [0.4, 0.5) is 5.69 Å². The number of methoxy groups -OCH3 is 1. The second-order valence-corrected chi connectivity index (χ2v) is 6.15. The Kier molecular flexibility index (Phi) is 4.72. The molecule has 0 aliphatic rings. The minimum atomic E-state index is -3.95. The quantitative estimate of drug-likeness (QED) is 0.785. The second-order valence-electron chi connectivity index (χ2n) is 4.15. The van der Waals surface area contributed by atoms with Gasteiger partial charge in [0.15, 0.2) is 5.25 Å². The first-order valence-corrected chi connectivity index (χ1v) is 7.17. The number of aromatic carboxylic acids is 1. The topological polar surface area (TPSA) is 110 Å². The van der Waals surface area contributed by atoms with Crippen molar-refractivity contribution in [1.82, 2.24) is 0 Å². The SMILES string of the molecule is COC(=O)C(C)S(=O)(=O)Nc1ccc(C(=O)O)c(C)c1. The van der Waals surface area contributed by atoms with Crippen molar-refractivity contribution in [2.75, 3.05) is 11.8 Å². The third kappa shape index (κ3) is 3.47. The lowest BCUT2D eigenvalue weighted by molar-refractivity contribution is -0.139. The number of aryl methyl sites for hydroxylation is 1. The van der Waals surface area contributed by atoms with Crippen molar-refractivity contribution >= 4 is 27.6 Å². The largest absolute Gasteiger partial charge is 0.478 e. The van der Waals surface area contributed by atoms with E-state index >= 15 is 0 Å². The molecule has 1 atom stereocenters. The van der Waals surface area contributed by atoms with Gasteiger partial charge in [-0.05, 0) is 37.6 Å². The maximum Gasteiger partial charge on any atom is 0.335 e. The van der Waals surface area contributed by atoms with Gasteiger partial charge in [0.2, 0.25) is 10.0 Å². The molecule has 0 radical (unpaired) electrons. The standard InChI is InChI=1S/C12H15NO6S/c1-7-6-9(4-5-10(7)11(14)15)13-20(17,18)8(2)12(16)19-3/h4-6,8,13H,1-3H3,(H,14,15). The highest BCUT2D eigenvalue weighted by Crippen LogP contribution is 2.18. The molecule has 0 heterocycles. The van der Waals surface area contributed by atoms with E-state index in [0.29, 0.717) is 5.56 Å². The Morgan fingerprint density at radius 3 is 2.40 bits per heavy atom. The summed E-state index contributed by atoms with van der Waals surface area (Å²) in [7, 11) is -2.85. The number of sulfonamides is 1. The molecule has 0 amide bonds. The van der Waals surface area contributed by atoms with Crippen LogP contribution in [-0.2, 0) is 19.6 Å². The van der Waals surface area contributed by atoms with E-state index in [4.69, 9.17) is 5.11 Å². The van der Waals surface area contributed by atoms with Crippen molar-refractivity contribution in [3.63, 3.8) is 0 Å². The highest BCUT2D eigenvalue weighted by atomic mass is 32.2. The monoisotopic (exact) mass is 301 g/mol. The zero-order valence-corrected chi connectivity index (χ0v) is 12.0. The molecule has 0 spiro atoms. The van der Waals surface area contributed by atoms with Gasteiger partial charge in [0.25, 0.3) is 0 Å². The van der Waals surface area contributed by atoms with Crippen molar-refractivity contribution in [1.29, 1.82) is 0 Å². The Balaban J connectivity index is 3.02. The number of ether oxygens (including phenoxy) is 1. The molecule has 1 unspecified atom stereocenters. The van der Waals surface area contributed by atoms with Crippen molar-refractivity contribution in [3.05, 3.63) is 29.3 Å². The third-order valence-corrected chi connectivity index (χ3v) is 4.36. The molecule has 20 heavy (non-hydrogen) atoms. The van der Waals surface area contributed by atoms with Crippen molar-refractivity contribution < 1.29 is 27.9 Å². The van der Waals surface area contributed by atoms with Crippen LogP contribution in [0, 0.1) is 6.92 Å². The minimum absolute atomic E-state index is 0.0777. The van der Waals surface area contributed by atoms with Crippen LogP contribution in [0.15, 0.2) is 18.2 Å². The molecule has 1 rings (SSSR count). The zero-order chi connectivity index (χ0) is 15.5. The summed E-state index contributed by atoms with van der Waals surface area (Å²) in [4.78, 5) is 22.1. The summed E-state index contributed by atoms with van der Waals surface area (Å²) in [6.45, 7) is 2.75. The Morgan fingerprint density at radius 1 is 1.35 bits per heavy atom. The number of rotatable bonds is 5. The van der Waals surface area contributed by atoms with Crippen molar-refractivity contribution in [2.45, 2.75) is 19.1 Å². The van der Waals surface area contributed by atoms with E-state index in [-0.39, 0.29) is 11.3 Å². The zero-order valence-electron chi connectivity index (χ0n) is 11.2. The number of hydrogen-bond donors (Lipinski definition) is 2. The first-order valence-electron chi connectivity index (χ1n) is 5.62. The van der Waals surface area contributed by atoms with Crippen molar-refractivity contribution in [3.8, 4) is 0 Å². The molecular weight excluding hydrogens is 286 g/mol. The van der Waals surface area contributed by atoms with Gasteiger partial charge >= 0.3 is 11.9 Å². The highest BCUT2D eigenvalue weighted by molar-refractivity contribution is 7.94. The molecule has 0 saturated carbocycles. The van der Waals surface area contributed by atoms with Gasteiger partial charge in [0.05, 0.1) is 12.7 Å². The van der Waals surface area contributed by atoms with Gasteiger partial charge in [-0.3, -0.25) is 9.52 Å². The molecule has 0 aliphatic carbocycles. The van der Waals surface area contributed by atoms with E-state index in [1.165, 1.54) is 25.1 Å². The fraction of sp³-hybridized carbons (Fsp3) is 0.333. The van der Waals surface area contributed by atoms with Crippen LogP contribution in [0.1, 0.15) is 22.8 Å². The summed E-state index contributed by atoms with van der Waals surface area (Å²) in [6.07, 6.45) is 0. The Hall–Kier alpha value is -2.09. The first-order chi connectivity index (χ1) is 9.19. The Labute approximate surface area is 116 Å². The molecular formula is C12H15NO6S. The van der Waals surface area contributed by atoms with E-state index in [9.17, 15) is 18.0 Å².